The monoisotopic (exact) mass is 226 g/mol. The van der Waals surface area contributed by atoms with Crippen molar-refractivity contribution in [1.82, 2.24) is 10.6 Å². The number of alkyl carbamates (subject to hydrolysis) is 1. The van der Waals surface area contributed by atoms with Gasteiger partial charge in [0.15, 0.2) is 0 Å². The highest BCUT2D eigenvalue weighted by molar-refractivity contribution is 5.68. The van der Waals surface area contributed by atoms with Gasteiger partial charge in [-0.3, -0.25) is 0 Å². The van der Waals surface area contributed by atoms with Gasteiger partial charge in [0, 0.05) is 18.1 Å². The van der Waals surface area contributed by atoms with Crippen molar-refractivity contribution in [2.45, 2.75) is 57.7 Å². The average molecular weight is 226 g/mol. The van der Waals surface area contributed by atoms with Gasteiger partial charge in [-0.1, -0.05) is 0 Å². The molecule has 0 aromatic carbocycles. The lowest BCUT2D eigenvalue weighted by Crippen LogP contribution is -2.49. The van der Waals surface area contributed by atoms with Crippen LogP contribution in [-0.4, -0.2) is 29.8 Å². The fraction of sp³-hybridized carbons (Fsp3) is 0.917. The molecule has 0 aromatic rings. The average Bonchev–Trinajstić information content (AvgIpc) is 2.54. The van der Waals surface area contributed by atoms with Crippen LogP contribution in [0.15, 0.2) is 0 Å². The van der Waals surface area contributed by atoms with Crippen molar-refractivity contribution in [1.29, 1.82) is 0 Å². The maximum absolute atomic E-state index is 11.6. The van der Waals surface area contributed by atoms with Crippen molar-refractivity contribution in [3.8, 4) is 0 Å². The Morgan fingerprint density at radius 3 is 2.56 bits per heavy atom. The Morgan fingerprint density at radius 1 is 1.44 bits per heavy atom. The van der Waals surface area contributed by atoms with E-state index in [1.807, 2.05) is 20.8 Å². The summed E-state index contributed by atoms with van der Waals surface area (Å²) in [5.74, 6) is 0.567. The van der Waals surface area contributed by atoms with E-state index in [0.29, 0.717) is 5.92 Å². The van der Waals surface area contributed by atoms with E-state index in [-0.39, 0.29) is 17.7 Å². The number of hydrogen-bond donors (Lipinski definition) is 2. The summed E-state index contributed by atoms with van der Waals surface area (Å²) < 4.78 is 5.27. The van der Waals surface area contributed by atoms with Crippen LogP contribution < -0.4 is 10.6 Å². The molecule has 3 atom stereocenters. The first-order valence-corrected chi connectivity index (χ1v) is 6.02. The third kappa shape index (κ3) is 2.48. The second kappa shape index (κ2) is 3.62. The van der Waals surface area contributed by atoms with Crippen LogP contribution in [0.4, 0.5) is 4.79 Å². The van der Waals surface area contributed by atoms with Gasteiger partial charge < -0.3 is 15.4 Å². The van der Waals surface area contributed by atoms with E-state index in [9.17, 15) is 4.79 Å². The van der Waals surface area contributed by atoms with Gasteiger partial charge >= 0.3 is 6.09 Å². The molecule has 1 saturated carbocycles. The van der Waals surface area contributed by atoms with E-state index in [4.69, 9.17) is 4.74 Å². The molecule has 16 heavy (non-hydrogen) atoms. The summed E-state index contributed by atoms with van der Waals surface area (Å²) in [5.41, 5.74) is -0.186. The molecule has 1 aliphatic heterocycles. The fourth-order valence-electron chi connectivity index (χ4n) is 2.82. The number of ether oxygens (including phenoxy) is 1. The van der Waals surface area contributed by atoms with Gasteiger partial charge in [-0.15, -0.1) is 0 Å². The third-order valence-corrected chi connectivity index (χ3v) is 3.45. The van der Waals surface area contributed by atoms with Crippen LogP contribution in [-0.2, 0) is 4.74 Å². The van der Waals surface area contributed by atoms with E-state index in [0.717, 1.165) is 19.4 Å². The van der Waals surface area contributed by atoms with E-state index < -0.39 is 5.60 Å². The van der Waals surface area contributed by atoms with Gasteiger partial charge in [-0.25, -0.2) is 4.79 Å². The highest BCUT2D eigenvalue weighted by Gasteiger charge is 2.48. The van der Waals surface area contributed by atoms with Crippen molar-refractivity contribution in [3.63, 3.8) is 0 Å². The first-order valence-electron chi connectivity index (χ1n) is 6.02. The topological polar surface area (TPSA) is 50.4 Å². The molecule has 1 heterocycles. The minimum atomic E-state index is -0.413. The zero-order chi connectivity index (χ0) is 12.0. The minimum absolute atomic E-state index is 0.227. The van der Waals surface area contributed by atoms with Gasteiger partial charge in [-0.05, 0) is 46.5 Å². The fourth-order valence-corrected chi connectivity index (χ4v) is 2.82. The summed E-state index contributed by atoms with van der Waals surface area (Å²) >= 11 is 0. The molecule has 4 nitrogen and oxygen atoms in total. The lowest BCUT2D eigenvalue weighted by atomic mass is 10.0. The maximum Gasteiger partial charge on any atom is 0.407 e. The van der Waals surface area contributed by atoms with Crippen LogP contribution in [0, 0.1) is 5.92 Å². The van der Waals surface area contributed by atoms with Crippen molar-refractivity contribution in [2.75, 3.05) is 6.54 Å². The van der Waals surface area contributed by atoms with E-state index >= 15 is 0 Å². The summed E-state index contributed by atoms with van der Waals surface area (Å²) in [7, 11) is 0. The van der Waals surface area contributed by atoms with Gasteiger partial charge in [0.05, 0.1) is 0 Å². The van der Waals surface area contributed by atoms with E-state index in [1.165, 1.54) is 0 Å². The molecule has 2 aliphatic rings. The number of nitrogens with one attached hydrogen (secondary N) is 2. The second-order valence-corrected chi connectivity index (χ2v) is 6.36. The largest absolute Gasteiger partial charge is 0.444 e. The Labute approximate surface area is 97.1 Å². The summed E-state index contributed by atoms with van der Waals surface area (Å²) in [5, 5.41) is 6.48. The molecule has 1 saturated heterocycles. The highest BCUT2D eigenvalue weighted by Crippen LogP contribution is 2.39. The normalized spacial score (nSPS) is 37.5. The van der Waals surface area contributed by atoms with Crippen LogP contribution in [0.25, 0.3) is 0 Å². The molecular formula is C12H22N2O2. The molecular weight excluding hydrogens is 204 g/mol. The van der Waals surface area contributed by atoms with Crippen molar-refractivity contribution < 1.29 is 9.53 Å². The lowest BCUT2D eigenvalue weighted by Gasteiger charge is -2.29. The Kier molecular flexibility index (Phi) is 2.65. The molecule has 0 spiro atoms. The highest BCUT2D eigenvalue weighted by atomic mass is 16.6. The van der Waals surface area contributed by atoms with Crippen molar-refractivity contribution >= 4 is 6.09 Å². The maximum atomic E-state index is 11.6. The van der Waals surface area contributed by atoms with Gasteiger partial charge in [0.2, 0.25) is 0 Å². The number of piperidine rings is 1. The number of hydrogen-bond acceptors (Lipinski definition) is 3. The molecule has 2 fully saturated rings. The van der Waals surface area contributed by atoms with Gasteiger partial charge in [0.25, 0.3) is 0 Å². The first-order chi connectivity index (χ1) is 7.27. The lowest BCUT2D eigenvalue weighted by molar-refractivity contribution is 0.0487. The number of carbonyl (C=O) groups excluding carboxylic acids is 1. The van der Waals surface area contributed by atoms with E-state index in [1.54, 1.807) is 0 Å². The zero-order valence-corrected chi connectivity index (χ0v) is 10.6. The van der Waals surface area contributed by atoms with Crippen LogP contribution in [0.3, 0.4) is 0 Å². The molecule has 0 aromatic heterocycles. The van der Waals surface area contributed by atoms with Gasteiger partial charge in [-0.2, -0.15) is 0 Å². The van der Waals surface area contributed by atoms with Crippen LogP contribution in [0.2, 0.25) is 0 Å². The Morgan fingerprint density at radius 2 is 2.12 bits per heavy atom. The summed E-state index contributed by atoms with van der Waals surface area (Å²) in [6.07, 6.45) is 1.89. The van der Waals surface area contributed by atoms with Crippen molar-refractivity contribution in [3.05, 3.63) is 0 Å². The predicted molar refractivity (Wildman–Crippen MR) is 62.3 cm³/mol. The molecule has 92 valence electrons. The number of carbonyl (C=O) groups is 1. The first kappa shape index (κ1) is 11.7. The van der Waals surface area contributed by atoms with Gasteiger partial charge in [0.1, 0.15) is 5.60 Å². The number of amides is 1. The Bertz CT molecular complexity index is 298. The Hall–Kier alpha value is -0.770. The molecule has 0 radical (unpaired) electrons. The smallest absolute Gasteiger partial charge is 0.407 e. The summed E-state index contributed by atoms with van der Waals surface area (Å²) in [4.78, 5) is 11.6. The van der Waals surface area contributed by atoms with E-state index in [2.05, 4.69) is 17.6 Å². The SMILES string of the molecule is CC(C)(C)OC(=O)N[C@@H]1C[C@@]2(C)C[C@@H]1CN2. The molecule has 1 aliphatic carbocycles. The van der Waals surface area contributed by atoms with Crippen LogP contribution in [0.5, 0.6) is 0 Å². The zero-order valence-electron chi connectivity index (χ0n) is 10.6. The van der Waals surface area contributed by atoms with Crippen LogP contribution >= 0.6 is 0 Å². The molecule has 2 bridgehead atoms. The third-order valence-electron chi connectivity index (χ3n) is 3.45. The standard InChI is InChI=1S/C12H22N2O2/c1-11(2,3)16-10(15)14-9-6-12(4)5-8(9)7-13-12/h8-9,13H,5-7H2,1-4H3,(H,14,15)/t8-,9-,12-/m1/s1. The predicted octanol–water partition coefficient (Wildman–Crippen LogP) is 1.65. The molecule has 1 amide bonds. The molecule has 2 rings (SSSR count). The summed E-state index contributed by atoms with van der Waals surface area (Å²) in [6.45, 7) is 8.89. The minimum Gasteiger partial charge on any atom is -0.444 e. The molecule has 0 unspecified atom stereocenters. The molecule has 2 N–H and O–H groups in total. The Balaban J connectivity index is 1.86. The number of rotatable bonds is 1. The molecule has 4 heteroatoms. The van der Waals surface area contributed by atoms with Crippen molar-refractivity contribution in [2.24, 2.45) is 5.92 Å². The second-order valence-electron chi connectivity index (χ2n) is 6.36. The number of fused-ring (bicyclic) bond motifs is 2. The van der Waals surface area contributed by atoms with Crippen LogP contribution in [0.1, 0.15) is 40.5 Å². The quantitative estimate of drug-likeness (QED) is 0.715. The summed E-state index contributed by atoms with van der Waals surface area (Å²) in [6, 6.07) is 0.279.